The second-order valence-electron chi connectivity index (χ2n) is 5.16. The van der Waals surface area contributed by atoms with Gasteiger partial charge in [0.25, 0.3) is 0 Å². The van der Waals surface area contributed by atoms with Crippen molar-refractivity contribution in [1.82, 2.24) is 5.32 Å². The van der Waals surface area contributed by atoms with Gasteiger partial charge in [-0.05, 0) is 33.1 Å². The molecule has 17 heavy (non-hydrogen) atoms. The van der Waals surface area contributed by atoms with Gasteiger partial charge in [-0.25, -0.2) is 0 Å². The minimum Gasteiger partial charge on any atom is -0.481 e. The van der Waals surface area contributed by atoms with Crippen molar-refractivity contribution >= 4 is 11.9 Å². The summed E-state index contributed by atoms with van der Waals surface area (Å²) in [6.07, 6.45) is 3.10. The molecule has 0 aliphatic heterocycles. The Morgan fingerprint density at radius 3 is 2.53 bits per heavy atom. The van der Waals surface area contributed by atoms with E-state index in [2.05, 4.69) is 5.32 Å². The Balaban J connectivity index is 2.56. The lowest BCUT2D eigenvalue weighted by Crippen LogP contribution is -2.53. The zero-order chi connectivity index (χ0) is 13.1. The lowest BCUT2D eigenvalue weighted by molar-refractivity contribution is -0.147. The number of rotatable bonds is 4. The monoisotopic (exact) mass is 243 g/mol. The molecule has 1 fully saturated rings. The van der Waals surface area contributed by atoms with E-state index >= 15 is 0 Å². The molecule has 1 saturated carbocycles. The molecule has 0 heterocycles. The molecule has 1 aliphatic rings. The highest BCUT2D eigenvalue weighted by Gasteiger charge is 2.34. The summed E-state index contributed by atoms with van der Waals surface area (Å²) in [6.45, 7) is 3.51. The predicted octanol–water partition coefficient (Wildman–Crippen LogP) is 1.17. The molecule has 2 N–H and O–H groups in total. The van der Waals surface area contributed by atoms with Crippen molar-refractivity contribution in [2.75, 3.05) is 7.11 Å². The van der Waals surface area contributed by atoms with Crippen molar-refractivity contribution in [3.63, 3.8) is 0 Å². The number of carbonyl (C=O) groups excluding carboxylic acids is 1. The summed E-state index contributed by atoms with van der Waals surface area (Å²) >= 11 is 0. The minimum absolute atomic E-state index is 0.0685. The normalized spacial score (nSPS) is 25.4. The van der Waals surface area contributed by atoms with Crippen molar-refractivity contribution < 1.29 is 19.4 Å². The Morgan fingerprint density at radius 1 is 1.35 bits per heavy atom. The van der Waals surface area contributed by atoms with Crippen LogP contribution in [-0.2, 0) is 14.3 Å². The van der Waals surface area contributed by atoms with Crippen molar-refractivity contribution in [2.45, 2.75) is 51.1 Å². The number of carboxylic acid groups (broad SMARTS) is 1. The number of methoxy groups -OCH3 is 1. The first-order valence-corrected chi connectivity index (χ1v) is 5.95. The maximum atomic E-state index is 11.5. The molecule has 0 radical (unpaired) electrons. The third-order valence-corrected chi connectivity index (χ3v) is 3.28. The molecular formula is C12H21NO4. The van der Waals surface area contributed by atoms with Crippen LogP contribution in [0.3, 0.4) is 0 Å². The van der Waals surface area contributed by atoms with Gasteiger partial charge in [-0.3, -0.25) is 14.9 Å². The Labute approximate surface area is 102 Å². The topological polar surface area (TPSA) is 75.6 Å². The van der Waals surface area contributed by atoms with E-state index < -0.39 is 11.5 Å². The van der Waals surface area contributed by atoms with Gasteiger partial charge in [0, 0.05) is 6.04 Å². The maximum absolute atomic E-state index is 11.5. The van der Waals surface area contributed by atoms with E-state index in [1.54, 1.807) is 13.8 Å². The highest BCUT2D eigenvalue weighted by Crippen LogP contribution is 2.26. The van der Waals surface area contributed by atoms with Crippen LogP contribution in [0.25, 0.3) is 0 Å². The summed E-state index contributed by atoms with van der Waals surface area (Å²) in [6, 6.07) is 0.0685. The molecule has 5 nitrogen and oxygen atoms in total. The number of aliphatic carboxylic acids is 1. The van der Waals surface area contributed by atoms with E-state index in [0.29, 0.717) is 6.42 Å². The molecule has 1 rings (SSSR count). The number of carbonyl (C=O) groups is 2. The van der Waals surface area contributed by atoms with E-state index in [4.69, 9.17) is 9.84 Å². The second kappa shape index (κ2) is 5.49. The second-order valence-corrected chi connectivity index (χ2v) is 5.16. The Kier molecular flexibility index (Phi) is 4.51. The highest BCUT2D eigenvalue weighted by atomic mass is 16.5. The number of hydrogen-bond acceptors (Lipinski definition) is 4. The first kappa shape index (κ1) is 14.0. The first-order valence-electron chi connectivity index (χ1n) is 5.95. The van der Waals surface area contributed by atoms with Crippen LogP contribution in [0, 0.1) is 5.92 Å². The molecule has 0 bridgehead atoms. The molecule has 5 heteroatoms. The van der Waals surface area contributed by atoms with Gasteiger partial charge in [-0.15, -0.1) is 0 Å². The average molecular weight is 243 g/mol. The largest absolute Gasteiger partial charge is 0.481 e. The fourth-order valence-corrected chi connectivity index (χ4v) is 2.37. The third-order valence-electron chi connectivity index (χ3n) is 3.28. The van der Waals surface area contributed by atoms with Gasteiger partial charge >= 0.3 is 11.9 Å². The molecule has 0 aromatic rings. The van der Waals surface area contributed by atoms with Crippen LogP contribution < -0.4 is 5.32 Å². The molecule has 0 spiro atoms. The summed E-state index contributed by atoms with van der Waals surface area (Å²) in [5, 5.41) is 12.2. The van der Waals surface area contributed by atoms with Crippen LogP contribution in [0.15, 0.2) is 0 Å². The first-order chi connectivity index (χ1) is 7.86. The Hall–Kier alpha value is -1.10. The van der Waals surface area contributed by atoms with Crippen LogP contribution in [0.1, 0.15) is 39.5 Å². The van der Waals surface area contributed by atoms with E-state index in [9.17, 15) is 9.59 Å². The molecule has 2 unspecified atom stereocenters. The summed E-state index contributed by atoms with van der Waals surface area (Å²) < 4.78 is 4.71. The lowest BCUT2D eigenvalue weighted by atomic mass is 9.84. The van der Waals surface area contributed by atoms with Crippen molar-refractivity contribution in [3.05, 3.63) is 0 Å². The standard InChI is InChI=1S/C12H21NO4/c1-12(2,11(16)17-3)13-9-6-4-5-8(7-9)10(14)15/h8-9,13H,4-7H2,1-3H3,(H,14,15). The SMILES string of the molecule is COC(=O)C(C)(C)NC1CCCC(C(=O)O)C1. The van der Waals surface area contributed by atoms with Crippen molar-refractivity contribution in [3.8, 4) is 0 Å². The third kappa shape index (κ3) is 3.70. The molecule has 1 aliphatic carbocycles. The summed E-state index contributed by atoms with van der Waals surface area (Å²) in [5.41, 5.74) is -0.764. The van der Waals surface area contributed by atoms with Crippen LogP contribution in [0.5, 0.6) is 0 Å². The maximum Gasteiger partial charge on any atom is 0.325 e. The van der Waals surface area contributed by atoms with Gasteiger partial charge in [0.2, 0.25) is 0 Å². The zero-order valence-electron chi connectivity index (χ0n) is 10.7. The predicted molar refractivity (Wildman–Crippen MR) is 62.6 cm³/mol. The van der Waals surface area contributed by atoms with Gasteiger partial charge in [-0.1, -0.05) is 6.42 Å². The zero-order valence-corrected chi connectivity index (χ0v) is 10.7. The van der Waals surface area contributed by atoms with Crippen LogP contribution in [-0.4, -0.2) is 35.7 Å². The number of nitrogens with one attached hydrogen (secondary N) is 1. The Morgan fingerprint density at radius 2 is 2.00 bits per heavy atom. The summed E-state index contributed by atoms with van der Waals surface area (Å²) in [5.74, 6) is -1.36. The molecular weight excluding hydrogens is 222 g/mol. The number of carboxylic acids is 1. The van der Waals surface area contributed by atoms with Crippen LogP contribution >= 0.6 is 0 Å². The van der Waals surface area contributed by atoms with Crippen LogP contribution in [0.4, 0.5) is 0 Å². The van der Waals surface area contributed by atoms with E-state index in [1.165, 1.54) is 7.11 Å². The average Bonchev–Trinajstić information content (AvgIpc) is 2.27. The summed E-state index contributed by atoms with van der Waals surface area (Å²) in [7, 11) is 1.35. The van der Waals surface area contributed by atoms with Gasteiger partial charge in [0.05, 0.1) is 13.0 Å². The summed E-state index contributed by atoms with van der Waals surface area (Å²) in [4.78, 5) is 22.5. The van der Waals surface area contributed by atoms with E-state index in [1.807, 2.05) is 0 Å². The number of hydrogen-bond donors (Lipinski definition) is 2. The molecule has 0 aromatic carbocycles. The molecule has 0 amide bonds. The number of esters is 1. The Bertz CT molecular complexity index is 301. The quantitative estimate of drug-likeness (QED) is 0.725. The fraction of sp³-hybridized carbons (Fsp3) is 0.833. The smallest absolute Gasteiger partial charge is 0.325 e. The molecule has 2 atom stereocenters. The lowest BCUT2D eigenvalue weighted by Gasteiger charge is -2.33. The van der Waals surface area contributed by atoms with E-state index in [-0.39, 0.29) is 17.9 Å². The van der Waals surface area contributed by atoms with Crippen LogP contribution in [0.2, 0.25) is 0 Å². The number of ether oxygens (including phenoxy) is 1. The van der Waals surface area contributed by atoms with Gasteiger partial charge in [-0.2, -0.15) is 0 Å². The van der Waals surface area contributed by atoms with Crippen molar-refractivity contribution in [1.29, 1.82) is 0 Å². The van der Waals surface area contributed by atoms with E-state index in [0.717, 1.165) is 19.3 Å². The molecule has 0 aromatic heterocycles. The highest BCUT2D eigenvalue weighted by molar-refractivity contribution is 5.79. The van der Waals surface area contributed by atoms with Gasteiger partial charge in [0.1, 0.15) is 5.54 Å². The van der Waals surface area contributed by atoms with Gasteiger partial charge < -0.3 is 9.84 Å². The minimum atomic E-state index is -0.764. The van der Waals surface area contributed by atoms with Crippen molar-refractivity contribution in [2.24, 2.45) is 5.92 Å². The molecule has 98 valence electrons. The van der Waals surface area contributed by atoms with Gasteiger partial charge in [0.15, 0.2) is 0 Å². The molecule has 0 saturated heterocycles. The fourth-order valence-electron chi connectivity index (χ4n) is 2.37.